The van der Waals surface area contributed by atoms with Gasteiger partial charge in [-0.1, -0.05) is 6.58 Å². The van der Waals surface area contributed by atoms with Gasteiger partial charge in [-0.3, -0.25) is 0 Å². The molecular weight excluding hydrogens is 260 g/mol. The molecule has 0 spiro atoms. The molecule has 2 N–H and O–H groups in total. The number of hydrogen-bond acceptors (Lipinski definition) is 5. The van der Waals surface area contributed by atoms with Crippen molar-refractivity contribution in [1.29, 1.82) is 0 Å². The second kappa shape index (κ2) is 7.50. The summed E-state index contributed by atoms with van der Waals surface area (Å²) in [5.74, 6) is 0.00964. The van der Waals surface area contributed by atoms with Crippen LogP contribution in [-0.4, -0.2) is 42.1 Å². The Morgan fingerprint density at radius 1 is 1.40 bits per heavy atom. The Morgan fingerprint density at radius 2 is 2.00 bits per heavy atom. The SMILES string of the molecule is C=C=C(C)[C@H](OC(=O)c1ccc(OC)cc1)[C@H](O)CO. The highest BCUT2D eigenvalue weighted by Crippen LogP contribution is 2.16. The van der Waals surface area contributed by atoms with Crippen molar-refractivity contribution in [2.45, 2.75) is 19.1 Å². The number of aliphatic hydroxyl groups excluding tert-OH is 2. The summed E-state index contributed by atoms with van der Waals surface area (Å²) in [7, 11) is 1.53. The smallest absolute Gasteiger partial charge is 0.338 e. The summed E-state index contributed by atoms with van der Waals surface area (Å²) in [6, 6.07) is 6.36. The first-order valence-corrected chi connectivity index (χ1v) is 6.04. The van der Waals surface area contributed by atoms with Gasteiger partial charge in [0.05, 0.1) is 19.3 Å². The third kappa shape index (κ3) is 3.96. The van der Waals surface area contributed by atoms with E-state index in [1.807, 2.05) is 0 Å². The fourth-order valence-corrected chi connectivity index (χ4v) is 1.56. The lowest BCUT2D eigenvalue weighted by Crippen LogP contribution is -2.34. The summed E-state index contributed by atoms with van der Waals surface area (Å²) in [5, 5.41) is 18.6. The molecule has 0 aliphatic carbocycles. The summed E-state index contributed by atoms with van der Waals surface area (Å²) in [6.07, 6.45) is -2.20. The maximum absolute atomic E-state index is 12.0. The zero-order chi connectivity index (χ0) is 15.1. The molecule has 20 heavy (non-hydrogen) atoms. The van der Waals surface area contributed by atoms with Crippen molar-refractivity contribution in [3.05, 3.63) is 47.7 Å². The molecule has 0 radical (unpaired) electrons. The zero-order valence-electron chi connectivity index (χ0n) is 11.5. The summed E-state index contributed by atoms with van der Waals surface area (Å²) >= 11 is 0. The van der Waals surface area contributed by atoms with E-state index >= 15 is 0 Å². The van der Waals surface area contributed by atoms with Gasteiger partial charge in [0.25, 0.3) is 0 Å². The fraction of sp³-hybridized carbons (Fsp3) is 0.333. The van der Waals surface area contributed by atoms with Gasteiger partial charge in [0.1, 0.15) is 11.9 Å². The van der Waals surface area contributed by atoms with Crippen LogP contribution in [0.4, 0.5) is 0 Å². The normalized spacial score (nSPS) is 13.0. The van der Waals surface area contributed by atoms with E-state index in [1.54, 1.807) is 31.2 Å². The van der Waals surface area contributed by atoms with Crippen LogP contribution in [-0.2, 0) is 4.74 Å². The van der Waals surface area contributed by atoms with Crippen LogP contribution in [0.15, 0.2) is 42.1 Å². The van der Waals surface area contributed by atoms with Crippen molar-refractivity contribution in [3.63, 3.8) is 0 Å². The number of carbonyl (C=O) groups excluding carboxylic acids is 1. The summed E-state index contributed by atoms with van der Waals surface area (Å²) < 4.78 is 10.2. The van der Waals surface area contributed by atoms with E-state index < -0.39 is 24.8 Å². The Balaban J connectivity index is 2.87. The van der Waals surface area contributed by atoms with Crippen molar-refractivity contribution >= 4 is 5.97 Å². The Bertz CT molecular complexity index is 500. The average molecular weight is 278 g/mol. The third-order valence-electron chi connectivity index (χ3n) is 2.80. The molecule has 1 rings (SSSR count). The number of benzene rings is 1. The molecule has 1 aromatic rings. The number of rotatable bonds is 6. The van der Waals surface area contributed by atoms with Crippen LogP contribution in [0.1, 0.15) is 17.3 Å². The van der Waals surface area contributed by atoms with E-state index in [1.165, 1.54) is 7.11 Å². The third-order valence-corrected chi connectivity index (χ3v) is 2.80. The molecule has 0 bridgehead atoms. The predicted octanol–water partition coefficient (Wildman–Crippen LogP) is 1.30. The molecule has 0 saturated carbocycles. The van der Waals surface area contributed by atoms with Gasteiger partial charge >= 0.3 is 5.97 Å². The van der Waals surface area contributed by atoms with E-state index in [9.17, 15) is 9.90 Å². The highest BCUT2D eigenvalue weighted by atomic mass is 16.6. The molecule has 1 aromatic carbocycles. The van der Waals surface area contributed by atoms with Gasteiger partial charge in [0.2, 0.25) is 0 Å². The molecule has 0 amide bonds. The minimum absolute atomic E-state index is 0.317. The maximum atomic E-state index is 12.0. The molecule has 0 aromatic heterocycles. The second-order valence-corrected chi connectivity index (χ2v) is 4.16. The number of aliphatic hydroxyl groups is 2. The van der Waals surface area contributed by atoms with Gasteiger partial charge in [0, 0.05) is 5.57 Å². The second-order valence-electron chi connectivity index (χ2n) is 4.16. The van der Waals surface area contributed by atoms with Gasteiger partial charge in [0.15, 0.2) is 6.10 Å². The zero-order valence-corrected chi connectivity index (χ0v) is 11.5. The predicted molar refractivity (Wildman–Crippen MR) is 73.6 cm³/mol. The van der Waals surface area contributed by atoms with Crippen LogP contribution in [0.5, 0.6) is 5.75 Å². The number of ether oxygens (including phenoxy) is 2. The van der Waals surface area contributed by atoms with Gasteiger partial charge in [-0.2, -0.15) is 0 Å². The molecule has 2 atom stereocenters. The van der Waals surface area contributed by atoms with Gasteiger partial charge in [-0.15, -0.1) is 5.73 Å². The van der Waals surface area contributed by atoms with Crippen molar-refractivity contribution < 1.29 is 24.5 Å². The van der Waals surface area contributed by atoms with Crippen LogP contribution in [0.3, 0.4) is 0 Å². The Labute approximate surface area is 117 Å². The number of methoxy groups -OCH3 is 1. The summed E-state index contributed by atoms with van der Waals surface area (Å²) in [4.78, 5) is 12.0. The quantitative estimate of drug-likeness (QED) is 0.606. The summed E-state index contributed by atoms with van der Waals surface area (Å²) in [5.41, 5.74) is 3.31. The first-order valence-electron chi connectivity index (χ1n) is 6.04. The molecule has 5 nitrogen and oxygen atoms in total. The average Bonchev–Trinajstić information content (AvgIpc) is 2.50. The molecule has 5 heteroatoms. The highest BCUT2D eigenvalue weighted by Gasteiger charge is 2.25. The molecule has 0 heterocycles. The van der Waals surface area contributed by atoms with Crippen LogP contribution >= 0.6 is 0 Å². The van der Waals surface area contributed by atoms with Crippen LogP contribution in [0.2, 0.25) is 0 Å². The van der Waals surface area contributed by atoms with Crippen molar-refractivity contribution in [2.24, 2.45) is 0 Å². The number of esters is 1. The highest BCUT2D eigenvalue weighted by molar-refractivity contribution is 5.89. The standard InChI is InChI=1S/C15H18O5/c1-4-10(2)14(13(17)9-16)20-15(18)11-5-7-12(19-3)8-6-11/h5-8,13-14,16-17H,1,9H2,2-3H3/t13-,14+/m1/s1. The van der Waals surface area contributed by atoms with Crippen LogP contribution in [0.25, 0.3) is 0 Å². The van der Waals surface area contributed by atoms with Crippen LogP contribution in [0, 0.1) is 0 Å². The minimum atomic E-state index is -1.22. The van der Waals surface area contributed by atoms with Gasteiger partial charge < -0.3 is 19.7 Å². The topological polar surface area (TPSA) is 76.0 Å². The summed E-state index contributed by atoms with van der Waals surface area (Å²) in [6.45, 7) is 4.52. The van der Waals surface area contributed by atoms with Gasteiger partial charge in [-0.05, 0) is 31.2 Å². The fourth-order valence-electron chi connectivity index (χ4n) is 1.56. The molecule has 0 fully saturated rings. The van der Waals surface area contributed by atoms with E-state index in [2.05, 4.69) is 12.3 Å². The Hall–Kier alpha value is -2.07. The maximum Gasteiger partial charge on any atom is 0.338 e. The lowest BCUT2D eigenvalue weighted by molar-refractivity contribution is -0.0225. The molecule has 0 saturated heterocycles. The monoisotopic (exact) mass is 278 g/mol. The molecular formula is C15H18O5. The van der Waals surface area contributed by atoms with E-state index in [-0.39, 0.29) is 0 Å². The molecule has 0 unspecified atom stereocenters. The van der Waals surface area contributed by atoms with Crippen molar-refractivity contribution in [2.75, 3.05) is 13.7 Å². The van der Waals surface area contributed by atoms with E-state index in [4.69, 9.17) is 14.6 Å². The minimum Gasteiger partial charge on any atom is -0.497 e. The lowest BCUT2D eigenvalue weighted by atomic mass is 10.1. The van der Waals surface area contributed by atoms with Crippen LogP contribution < -0.4 is 4.74 Å². The molecule has 0 aliphatic rings. The van der Waals surface area contributed by atoms with Gasteiger partial charge in [-0.25, -0.2) is 4.79 Å². The lowest BCUT2D eigenvalue weighted by Gasteiger charge is -2.21. The largest absolute Gasteiger partial charge is 0.497 e. The van der Waals surface area contributed by atoms with Crippen molar-refractivity contribution in [3.8, 4) is 5.75 Å². The Kier molecular flexibility index (Phi) is 6.00. The number of hydrogen-bond donors (Lipinski definition) is 2. The number of carbonyl (C=O) groups is 1. The van der Waals surface area contributed by atoms with E-state index in [0.29, 0.717) is 16.9 Å². The first kappa shape index (κ1) is 16.0. The van der Waals surface area contributed by atoms with Crippen molar-refractivity contribution in [1.82, 2.24) is 0 Å². The molecule has 108 valence electrons. The molecule has 0 aliphatic heterocycles. The van der Waals surface area contributed by atoms with E-state index in [0.717, 1.165) is 0 Å². The first-order chi connectivity index (χ1) is 9.53. The Morgan fingerprint density at radius 3 is 2.45 bits per heavy atom.